The number of likely N-dealkylation sites (tertiary alicyclic amines) is 1. The van der Waals surface area contributed by atoms with Crippen LogP contribution < -0.4 is 0 Å². The molecule has 1 saturated heterocycles. The first-order chi connectivity index (χ1) is 9.31. The SMILES string of the molecule is Cc1noc(C2CCN(CC3CCCCC3)CC2)n1. The van der Waals surface area contributed by atoms with Crippen LogP contribution in [0.5, 0.6) is 0 Å². The molecule has 0 radical (unpaired) electrons. The van der Waals surface area contributed by atoms with E-state index in [0.717, 1.165) is 17.6 Å². The number of hydrogen-bond donors (Lipinski definition) is 0. The summed E-state index contributed by atoms with van der Waals surface area (Å²) < 4.78 is 5.31. The van der Waals surface area contributed by atoms with E-state index in [-0.39, 0.29) is 0 Å². The number of hydrogen-bond acceptors (Lipinski definition) is 4. The highest BCUT2D eigenvalue weighted by molar-refractivity contribution is 4.95. The lowest BCUT2D eigenvalue weighted by molar-refractivity contribution is 0.154. The van der Waals surface area contributed by atoms with Gasteiger partial charge in [-0.3, -0.25) is 0 Å². The number of rotatable bonds is 3. The number of piperidine rings is 1. The van der Waals surface area contributed by atoms with Crippen molar-refractivity contribution in [1.82, 2.24) is 15.0 Å². The van der Waals surface area contributed by atoms with Gasteiger partial charge in [0.1, 0.15) is 0 Å². The molecule has 1 aliphatic carbocycles. The normalized spacial score (nSPS) is 23.8. The fourth-order valence-corrected chi connectivity index (χ4v) is 3.58. The van der Waals surface area contributed by atoms with Gasteiger partial charge in [-0.25, -0.2) is 0 Å². The quantitative estimate of drug-likeness (QED) is 0.840. The third kappa shape index (κ3) is 3.35. The van der Waals surface area contributed by atoms with Gasteiger partial charge in [-0.15, -0.1) is 0 Å². The number of aromatic nitrogens is 2. The molecular formula is C15H25N3O. The smallest absolute Gasteiger partial charge is 0.229 e. The van der Waals surface area contributed by atoms with E-state index in [2.05, 4.69) is 15.0 Å². The van der Waals surface area contributed by atoms with E-state index in [1.165, 1.54) is 64.6 Å². The Balaban J connectivity index is 1.46. The molecule has 0 aromatic carbocycles. The van der Waals surface area contributed by atoms with Crippen molar-refractivity contribution in [3.63, 3.8) is 0 Å². The second-order valence-electron chi connectivity index (χ2n) is 6.26. The van der Waals surface area contributed by atoms with Gasteiger partial charge in [0.05, 0.1) is 0 Å². The van der Waals surface area contributed by atoms with Gasteiger partial charge in [-0.2, -0.15) is 4.98 Å². The zero-order valence-electron chi connectivity index (χ0n) is 12.0. The Kier molecular flexibility index (Phi) is 4.16. The molecule has 4 heteroatoms. The highest BCUT2D eigenvalue weighted by Gasteiger charge is 2.26. The average molecular weight is 263 g/mol. The second kappa shape index (κ2) is 6.04. The molecule has 2 fully saturated rings. The van der Waals surface area contributed by atoms with E-state index in [0.29, 0.717) is 5.92 Å². The fourth-order valence-electron chi connectivity index (χ4n) is 3.58. The fraction of sp³-hybridized carbons (Fsp3) is 0.867. The third-order valence-corrected chi connectivity index (χ3v) is 4.72. The van der Waals surface area contributed by atoms with E-state index in [4.69, 9.17) is 4.52 Å². The van der Waals surface area contributed by atoms with Gasteiger partial charge in [0, 0.05) is 12.5 Å². The van der Waals surface area contributed by atoms with Crippen molar-refractivity contribution in [2.24, 2.45) is 5.92 Å². The van der Waals surface area contributed by atoms with Gasteiger partial charge in [0.25, 0.3) is 0 Å². The Labute approximate surface area is 115 Å². The summed E-state index contributed by atoms with van der Waals surface area (Å²) in [4.78, 5) is 7.03. The van der Waals surface area contributed by atoms with Crippen LogP contribution in [0.25, 0.3) is 0 Å². The van der Waals surface area contributed by atoms with Gasteiger partial charge >= 0.3 is 0 Å². The van der Waals surface area contributed by atoms with E-state index in [9.17, 15) is 0 Å². The molecule has 1 aliphatic heterocycles. The first-order valence-electron chi connectivity index (χ1n) is 7.84. The first kappa shape index (κ1) is 13.1. The standard InChI is InChI=1S/C15H25N3O/c1-12-16-15(19-17-12)14-7-9-18(10-8-14)11-13-5-3-2-4-6-13/h13-14H,2-11H2,1H3. The van der Waals surface area contributed by atoms with Crippen LogP contribution in [0.15, 0.2) is 4.52 Å². The average Bonchev–Trinajstić information content (AvgIpc) is 2.87. The molecule has 1 aromatic heterocycles. The van der Waals surface area contributed by atoms with Crippen molar-refractivity contribution >= 4 is 0 Å². The van der Waals surface area contributed by atoms with Gasteiger partial charge in [0.15, 0.2) is 5.82 Å². The highest BCUT2D eigenvalue weighted by atomic mass is 16.5. The summed E-state index contributed by atoms with van der Waals surface area (Å²) in [5.74, 6) is 3.06. The van der Waals surface area contributed by atoms with E-state index >= 15 is 0 Å². The molecule has 0 unspecified atom stereocenters. The minimum Gasteiger partial charge on any atom is -0.339 e. The van der Waals surface area contributed by atoms with Crippen LogP contribution in [0, 0.1) is 12.8 Å². The zero-order valence-corrected chi connectivity index (χ0v) is 12.0. The maximum Gasteiger partial charge on any atom is 0.229 e. The molecule has 3 rings (SSSR count). The molecule has 2 heterocycles. The van der Waals surface area contributed by atoms with Crippen molar-refractivity contribution < 1.29 is 4.52 Å². The maximum atomic E-state index is 5.31. The van der Waals surface area contributed by atoms with Crippen molar-refractivity contribution in [3.8, 4) is 0 Å². The van der Waals surface area contributed by atoms with Crippen molar-refractivity contribution in [3.05, 3.63) is 11.7 Å². The first-order valence-corrected chi connectivity index (χ1v) is 7.84. The lowest BCUT2D eigenvalue weighted by Gasteiger charge is -2.34. The summed E-state index contributed by atoms with van der Waals surface area (Å²) in [6.45, 7) is 5.60. The molecule has 1 saturated carbocycles. The summed E-state index contributed by atoms with van der Waals surface area (Å²) in [5, 5.41) is 3.90. The van der Waals surface area contributed by atoms with Gasteiger partial charge in [-0.05, 0) is 51.6 Å². The van der Waals surface area contributed by atoms with E-state index in [1.807, 2.05) is 6.92 Å². The Bertz CT molecular complexity index is 390. The number of aryl methyl sites for hydroxylation is 1. The molecule has 0 spiro atoms. The van der Waals surface area contributed by atoms with Crippen LogP contribution in [0.3, 0.4) is 0 Å². The predicted octanol–water partition coefficient (Wildman–Crippen LogP) is 3.14. The molecule has 0 amide bonds. The largest absolute Gasteiger partial charge is 0.339 e. The van der Waals surface area contributed by atoms with Crippen LogP contribution in [0.2, 0.25) is 0 Å². The molecule has 106 valence electrons. The Morgan fingerprint density at radius 1 is 1.11 bits per heavy atom. The minimum absolute atomic E-state index is 0.490. The van der Waals surface area contributed by atoms with Crippen molar-refractivity contribution in [1.29, 1.82) is 0 Å². The number of nitrogens with zero attached hydrogens (tertiary/aromatic N) is 3. The van der Waals surface area contributed by atoms with Crippen LogP contribution in [-0.4, -0.2) is 34.7 Å². The molecule has 1 aromatic rings. The van der Waals surface area contributed by atoms with Gasteiger partial charge in [0.2, 0.25) is 5.89 Å². The lowest BCUT2D eigenvalue weighted by Crippen LogP contribution is -2.37. The molecule has 0 N–H and O–H groups in total. The van der Waals surface area contributed by atoms with Crippen molar-refractivity contribution in [2.45, 2.75) is 57.8 Å². The van der Waals surface area contributed by atoms with Crippen LogP contribution in [0.4, 0.5) is 0 Å². The highest BCUT2D eigenvalue weighted by Crippen LogP contribution is 2.29. The second-order valence-corrected chi connectivity index (χ2v) is 6.26. The molecule has 2 aliphatic rings. The maximum absolute atomic E-state index is 5.31. The lowest BCUT2D eigenvalue weighted by atomic mass is 9.88. The molecule has 0 bridgehead atoms. The Morgan fingerprint density at radius 2 is 1.84 bits per heavy atom. The summed E-state index contributed by atoms with van der Waals surface area (Å²) in [5.41, 5.74) is 0. The summed E-state index contributed by atoms with van der Waals surface area (Å²) >= 11 is 0. The topological polar surface area (TPSA) is 42.2 Å². The zero-order chi connectivity index (χ0) is 13.1. The van der Waals surface area contributed by atoms with Crippen LogP contribution in [-0.2, 0) is 0 Å². The predicted molar refractivity (Wildman–Crippen MR) is 74.0 cm³/mol. The van der Waals surface area contributed by atoms with Crippen molar-refractivity contribution in [2.75, 3.05) is 19.6 Å². The van der Waals surface area contributed by atoms with E-state index in [1.54, 1.807) is 0 Å². The molecule has 19 heavy (non-hydrogen) atoms. The Morgan fingerprint density at radius 3 is 2.47 bits per heavy atom. The van der Waals surface area contributed by atoms with Crippen LogP contribution >= 0.6 is 0 Å². The van der Waals surface area contributed by atoms with Gasteiger partial charge in [-0.1, -0.05) is 24.4 Å². The van der Waals surface area contributed by atoms with Gasteiger partial charge < -0.3 is 9.42 Å². The summed E-state index contributed by atoms with van der Waals surface area (Å²) in [6.07, 6.45) is 9.59. The Hall–Kier alpha value is -0.900. The molecular weight excluding hydrogens is 238 g/mol. The summed E-state index contributed by atoms with van der Waals surface area (Å²) in [7, 11) is 0. The molecule has 4 nitrogen and oxygen atoms in total. The molecule has 0 atom stereocenters. The minimum atomic E-state index is 0.490. The third-order valence-electron chi connectivity index (χ3n) is 4.72. The van der Waals surface area contributed by atoms with Crippen LogP contribution in [0.1, 0.15) is 62.6 Å². The monoisotopic (exact) mass is 263 g/mol. The summed E-state index contributed by atoms with van der Waals surface area (Å²) in [6, 6.07) is 0. The van der Waals surface area contributed by atoms with E-state index < -0.39 is 0 Å².